The molecule has 0 aromatic heterocycles. The first-order valence-electron chi connectivity index (χ1n) is 10.2. The number of amides is 1. The van der Waals surface area contributed by atoms with E-state index in [0.29, 0.717) is 40.7 Å². The Bertz CT molecular complexity index is 883. The Morgan fingerprint density at radius 2 is 1.87 bits per heavy atom. The molecule has 2 aromatic carbocycles. The third kappa shape index (κ3) is 5.45. The molecule has 1 amide bonds. The third-order valence-electron chi connectivity index (χ3n) is 5.46. The van der Waals surface area contributed by atoms with Crippen LogP contribution in [-0.2, 0) is 11.2 Å². The summed E-state index contributed by atoms with van der Waals surface area (Å²) in [6.45, 7) is 3.99. The zero-order valence-corrected chi connectivity index (χ0v) is 19.1. The number of rotatable bonds is 7. The van der Waals surface area contributed by atoms with Crippen molar-refractivity contribution in [2.75, 3.05) is 43.9 Å². The maximum absolute atomic E-state index is 14.1. The van der Waals surface area contributed by atoms with E-state index in [4.69, 9.17) is 23.2 Å². The molecule has 2 aromatic rings. The second kappa shape index (κ2) is 9.99. The van der Waals surface area contributed by atoms with Gasteiger partial charge in [0.1, 0.15) is 5.82 Å². The predicted molar refractivity (Wildman–Crippen MR) is 123 cm³/mol. The molecule has 0 aliphatic carbocycles. The Morgan fingerprint density at radius 1 is 1.20 bits per heavy atom. The summed E-state index contributed by atoms with van der Waals surface area (Å²) in [5.74, 6) is -0.269. The largest absolute Gasteiger partial charge is 0.384 e. The van der Waals surface area contributed by atoms with Crippen molar-refractivity contribution in [3.05, 3.63) is 57.8 Å². The van der Waals surface area contributed by atoms with Gasteiger partial charge in [0.2, 0.25) is 5.91 Å². The van der Waals surface area contributed by atoms with Crippen LogP contribution in [0, 0.1) is 17.7 Å². The first-order valence-corrected chi connectivity index (χ1v) is 10.9. The fraction of sp³-hybridized carbons (Fsp3) is 0.435. The zero-order valence-electron chi connectivity index (χ0n) is 17.6. The average molecular weight is 452 g/mol. The number of halogens is 3. The molecule has 4 nitrogen and oxygen atoms in total. The normalized spacial score (nSPS) is 19.4. The van der Waals surface area contributed by atoms with Crippen LogP contribution in [0.3, 0.4) is 0 Å². The fourth-order valence-electron chi connectivity index (χ4n) is 3.96. The molecule has 1 heterocycles. The zero-order chi connectivity index (χ0) is 21.8. The number of piperidine rings is 1. The summed E-state index contributed by atoms with van der Waals surface area (Å²) < 4.78 is 14.1. The lowest BCUT2D eigenvalue weighted by Gasteiger charge is -2.37. The van der Waals surface area contributed by atoms with Gasteiger partial charge in [-0.1, -0.05) is 48.3 Å². The number of anilines is 2. The quantitative estimate of drug-likeness (QED) is 0.616. The van der Waals surface area contributed by atoms with Crippen LogP contribution in [0.5, 0.6) is 0 Å². The van der Waals surface area contributed by atoms with Crippen molar-refractivity contribution < 1.29 is 9.18 Å². The van der Waals surface area contributed by atoms with E-state index in [9.17, 15) is 9.18 Å². The molecule has 0 saturated carbocycles. The summed E-state index contributed by atoms with van der Waals surface area (Å²) in [4.78, 5) is 16.7. The lowest BCUT2D eigenvalue weighted by atomic mass is 9.85. The number of carbonyl (C=O) groups excluding carboxylic acids is 1. The van der Waals surface area contributed by atoms with Gasteiger partial charge in [0, 0.05) is 31.2 Å². The number of likely N-dealkylation sites (N-methyl/N-ethyl adjacent to an activating group) is 1. The van der Waals surface area contributed by atoms with E-state index in [2.05, 4.69) is 10.2 Å². The summed E-state index contributed by atoms with van der Waals surface area (Å²) >= 11 is 13.1. The first-order chi connectivity index (χ1) is 14.3. The van der Waals surface area contributed by atoms with E-state index < -0.39 is 0 Å². The van der Waals surface area contributed by atoms with E-state index in [1.165, 1.54) is 6.07 Å². The predicted octanol–water partition coefficient (Wildman–Crippen LogP) is 5.34. The van der Waals surface area contributed by atoms with E-state index in [-0.39, 0.29) is 23.6 Å². The molecule has 1 fully saturated rings. The Hall–Kier alpha value is -1.82. The van der Waals surface area contributed by atoms with E-state index >= 15 is 0 Å². The molecular weight excluding hydrogens is 424 g/mol. The summed E-state index contributed by atoms with van der Waals surface area (Å²) in [6, 6.07) is 10.4. The van der Waals surface area contributed by atoms with Crippen LogP contribution in [-0.4, -0.2) is 44.5 Å². The Kier molecular flexibility index (Phi) is 7.61. The monoisotopic (exact) mass is 451 g/mol. The SMILES string of the molecule is C[C@@H]1C[C@H](Cc2ccccc2F)CN(c2c(Cl)cc(NCCN(C)C)cc2Cl)C1=O. The van der Waals surface area contributed by atoms with Crippen molar-refractivity contribution in [2.24, 2.45) is 11.8 Å². The van der Waals surface area contributed by atoms with E-state index in [0.717, 1.165) is 18.8 Å². The maximum atomic E-state index is 14.1. The van der Waals surface area contributed by atoms with Crippen LogP contribution in [0.15, 0.2) is 36.4 Å². The fourth-order valence-corrected chi connectivity index (χ4v) is 4.65. The van der Waals surface area contributed by atoms with Crippen LogP contribution in [0.2, 0.25) is 10.0 Å². The molecule has 2 atom stereocenters. The Labute approximate surface area is 188 Å². The lowest BCUT2D eigenvalue weighted by molar-refractivity contribution is -0.124. The molecule has 0 bridgehead atoms. The van der Waals surface area contributed by atoms with Crippen molar-refractivity contribution in [3.63, 3.8) is 0 Å². The molecule has 30 heavy (non-hydrogen) atoms. The third-order valence-corrected chi connectivity index (χ3v) is 6.03. The molecule has 7 heteroatoms. The minimum absolute atomic E-state index is 0.00287. The highest BCUT2D eigenvalue weighted by Crippen LogP contribution is 2.40. The van der Waals surface area contributed by atoms with Crippen molar-refractivity contribution in [1.29, 1.82) is 0 Å². The van der Waals surface area contributed by atoms with Crippen LogP contribution in [0.25, 0.3) is 0 Å². The Balaban J connectivity index is 1.80. The molecule has 3 rings (SSSR count). The smallest absolute Gasteiger partial charge is 0.229 e. The van der Waals surface area contributed by atoms with Crippen LogP contribution >= 0.6 is 23.2 Å². The molecule has 1 saturated heterocycles. The Morgan fingerprint density at radius 3 is 2.50 bits per heavy atom. The van der Waals surface area contributed by atoms with Crippen molar-refractivity contribution >= 4 is 40.5 Å². The summed E-state index contributed by atoms with van der Waals surface area (Å²) in [7, 11) is 4.01. The second-order valence-corrected chi connectivity index (χ2v) is 9.08. The lowest BCUT2D eigenvalue weighted by Crippen LogP contribution is -2.45. The van der Waals surface area contributed by atoms with Crippen LogP contribution in [0.4, 0.5) is 15.8 Å². The molecule has 0 unspecified atom stereocenters. The molecule has 0 spiro atoms. The molecule has 1 aliphatic rings. The molecular formula is C23H28Cl2FN3O. The minimum Gasteiger partial charge on any atom is -0.384 e. The van der Waals surface area contributed by atoms with Gasteiger partial charge in [-0.15, -0.1) is 0 Å². The second-order valence-electron chi connectivity index (χ2n) is 8.27. The summed E-state index contributed by atoms with van der Waals surface area (Å²) in [5, 5.41) is 4.16. The van der Waals surface area contributed by atoms with Gasteiger partial charge in [0.05, 0.1) is 15.7 Å². The first kappa shape index (κ1) is 22.9. The van der Waals surface area contributed by atoms with E-state index in [1.807, 2.05) is 27.1 Å². The number of carbonyl (C=O) groups is 1. The van der Waals surface area contributed by atoms with Gasteiger partial charge in [-0.3, -0.25) is 4.79 Å². The molecule has 162 valence electrons. The number of nitrogens with one attached hydrogen (secondary N) is 1. The van der Waals surface area contributed by atoms with Gasteiger partial charge in [0.25, 0.3) is 0 Å². The molecule has 1 N–H and O–H groups in total. The molecule has 1 aliphatic heterocycles. The number of hydrogen-bond acceptors (Lipinski definition) is 3. The number of nitrogens with zero attached hydrogens (tertiary/aromatic N) is 2. The highest BCUT2D eigenvalue weighted by Gasteiger charge is 2.34. The van der Waals surface area contributed by atoms with Crippen molar-refractivity contribution in [2.45, 2.75) is 19.8 Å². The van der Waals surface area contributed by atoms with Crippen LogP contribution in [0.1, 0.15) is 18.9 Å². The van der Waals surface area contributed by atoms with Gasteiger partial charge in [0.15, 0.2) is 0 Å². The van der Waals surface area contributed by atoms with Gasteiger partial charge in [-0.25, -0.2) is 4.39 Å². The highest BCUT2D eigenvalue weighted by molar-refractivity contribution is 6.40. The van der Waals surface area contributed by atoms with Gasteiger partial charge in [-0.05, 0) is 56.6 Å². The maximum Gasteiger partial charge on any atom is 0.229 e. The minimum atomic E-state index is -0.210. The van der Waals surface area contributed by atoms with Crippen molar-refractivity contribution in [1.82, 2.24) is 4.90 Å². The van der Waals surface area contributed by atoms with Gasteiger partial charge < -0.3 is 15.1 Å². The number of benzene rings is 2. The average Bonchev–Trinajstić information content (AvgIpc) is 2.66. The van der Waals surface area contributed by atoms with Crippen molar-refractivity contribution in [3.8, 4) is 0 Å². The van der Waals surface area contributed by atoms with Gasteiger partial charge >= 0.3 is 0 Å². The summed E-state index contributed by atoms with van der Waals surface area (Å²) in [6.07, 6.45) is 1.28. The van der Waals surface area contributed by atoms with Gasteiger partial charge in [-0.2, -0.15) is 0 Å². The highest BCUT2D eigenvalue weighted by atomic mass is 35.5. The number of hydrogen-bond donors (Lipinski definition) is 1. The van der Waals surface area contributed by atoms with E-state index in [1.54, 1.807) is 29.2 Å². The van der Waals surface area contributed by atoms with Crippen LogP contribution < -0.4 is 10.2 Å². The summed E-state index contributed by atoms with van der Waals surface area (Å²) in [5.41, 5.74) is 2.02. The standard InChI is InChI=1S/C23H28Cl2FN3O/c1-15-10-16(11-17-6-4-5-7-21(17)26)14-29(23(15)30)22-19(24)12-18(13-20(22)25)27-8-9-28(2)3/h4-7,12-13,15-16,27H,8-11,14H2,1-3H3/t15-,16-/m1/s1. The topological polar surface area (TPSA) is 35.6 Å². The molecule has 0 radical (unpaired) electrons.